The minimum Gasteiger partial charge on any atom is -0.348 e. The smallest absolute Gasteiger partial charge is 0.272 e. The number of nitrogens with one attached hydrogen (secondary N) is 1. The number of aryl methyl sites for hydroxylation is 1. The Labute approximate surface area is 163 Å². The molecular formula is C21H22N6O. The third-order valence-electron chi connectivity index (χ3n) is 4.46. The van der Waals surface area contributed by atoms with Gasteiger partial charge in [-0.05, 0) is 44.5 Å². The van der Waals surface area contributed by atoms with Crippen LogP contribution in [0.2, 0.25) is 0 Å². The topological polar surface area (TPSA) is 77.1 Å². The molecule has 7 nitrogen and oxygen atoms in total. The number of hydrogen-bond donors (Lipinski definition) is 1. The van der Waals surface area contributed by atoms with Gasteiger partial charge in [0, 0.05) is 30.8 Å². The third kappa shape index (κ3) is 3.38. The Bertz CT molecular complexity index is 1130. The zero-order valence-electron chi connectivity index (χ0n) is 16.1. The normalized spacial score (nSPS) is 11.3. The molecule has 7 heteroatoms. The van der Waals surface area contributed by atoms with Crippen molar-refractivity contribution in [2.45, 2.75) is 33.4 Å². The van der Waals surface area contributed by atoms with Crippen LogP contribution in [-0.2, 0) is 6.54 Å². The Hall–Kier alpha value is -3.48. The highest BCUT2D eigenvalue weighted by atomic mass is 16.2. The predicted molar refractivity (Wildman–Crippen MR) is 107 cm³/mol. The van der Waals surface area contributed by atoms with Crippen LogP contribution in [0, 0.1) is 6.92 Å². The summed E-state index contributed by atoms with van der Waals surface area (Å²) in [7, 11) is 0. The molecule has 0 atom stereocenters. The Balaban J connectivity index is 1.75. The number of nitrogens with zero attached hydrogens (tertiary/aromatic N) is 5. The first kappa shape index (κ1) is 17.9. The standard InChI is InChI=1S/C21H22N6O/c1-14(2)23-21(28)19-18-8-4-5-10-27(18)20(25-19)17-13-26(15(3)24-17)12-16-7-6-9-22-11-16/h4-11,13-14H,12H2,1-3H3,(H,23,28). The van der Waals surface area contributed by atoms with Crippen molar-refractivity contribution < 1.29 is 4.79 Å². The number of amides is 1. The summed E-state index contributed by atoms with van der Waals surface area (Å²) in [5.74, 6) is 1.34. The minimum atomic E-state index is -0.184. The molecule has 0 aromatic carbocycles. The maximum atomic E-state index is 12.6. The van der Waals surface area contributed by atoms with Crippen LogP contribution in [0.1, 0.15) is 35.7 Å². The zero-order valence-corrected chi connectivity index (χ0v) is 16.1. The molecule has 4 aromatic heterocycles. The molecule has 0 aliphatic heterocycles. The summed E-state index contributed by atoms with van der Waals surface area (Å²) in [6.07, 6.45) is 7.47. The predicted octanol–water partition coefficient (Wildman–Crippen LogP) is 3.09. The minimum absolute atomic E-state index is 0.0392. The van der Waals surface area contributed by atoms with E-state index in [9.17, 15) is 4.79 Å². The maximum absolute atomic E-state index is 12.6. The summed E-state index contributed by atoms with van der Waals surface area (Å²) in [6.45, 7) is 6.50. The Morgan fingerprint density at radius 1 is 1.18 bits per heavy atom. The van der Waals surface area contributed by atoms with Gasteiger partial charge in [0.1, 0.15) is 11.5 Å². The van der Waals surface area contributed by atoms with Crippen LogP contribution in [0.5, 0.6) is 0 Å². The van der Waals surface area contributed by atoms with Gasteiger partial charge in [0.15, 0.2) is 11.5 Å². The maximum Gasteiger partial charge on any atom is 0.272 e. The summed E-state index contributed by atoms with van der Waals surface area (Å²) in [6, 6.07) is 9.71. The Kier molecular flexibility index (Phi) is 4.65. The highest BCUT2D eigenvalue weighted by molar-refractivity contribution is 6.00. The SMILES string of the molecule is Cc1nc(-c2nc(C(=O)NC(C)C)c3ccccn23)cn1Cc1cccnc1. The van der Waals surface area contributed by atoms with E-state index in [-0.39, 0.29) is 11.9 Å². The lowest BCUT2D eigenvalue weighted by molar-refractivity contribution is 0.0940. The molecule has 0 saturated heterocycles. The van der Waals surface area contributed by atoms with Crippen LogP contribution in [0.4, 0.5) is 0 Å². The van der Waals surface area contributed by atoms with E-state index in [4.69, 9.17) is 0 Å². The fourth-order valence-electron chi connectivity index (χ4n) is 3.18. The van der Waals surface area contributed by atoms with Gasteiger partial charge in [0.25, 0.3) is 5.91 Å². The average molecular weight is 374 g/mol. The molecule has 4 heterocycles. The number of imidazole rings is 2. The van der Waals surface area contributed by atoms with Crippen molar-refractivity contribution in [1.82, 2.24) is 29.2 Å². The van der Waals surface area contributed by atoms with Gasteiger partial charge in [-0.1, -0.05) is 12.1 Å². The number of carbonyl (C=O) groups is 1. The van der Waals surface area contributed by atoms with Crippen molar-refractivity contribution in [3.8, 4) is 11.5 Å². The molecule has 0 spiro atoms. The summed E-state index contributed by atoms with van der Waals surface area (Å²) in [5, 5.41) is 2.92. The molecule has 0 aliphatic rings. The van der Waals surface area contributed by atoms with E-state index in [0.717, 1.165) is 22.6 Å². The van der Waals surface area contributed by atoms with E-state index in [1.54, 1.807) is 6.20 Å². The Morgan fingerprint density at radius 2 is 2.04 bits per heavy atom. The van der Waals surface area contributed by atoms with E-state index in [2.05, 4.69) is 24.8 Å². The zero-order chi connectivity index (χ0) is 19.7. The van der Waals surface area contributed by atoms with Crippen molar-refractivity contribution in [3.63, 3.8) is 0 Å². The summed E-state index contributed by atoms with van der Waals surface area (Å²) in [5.41, 5.74) is 2.99. The highest BCUT2D eigenvalue weighted by Crippen LogP contribution is 2.23. The molecule has 1 N–H and O–H groups in total. The van der Waals surface area contributed by atoms with Gasteiger partial charge in [-0.2, -0.15) is 0 Å². The lowest BCUT2D eigenvalue weighted by Crippen LogP contribution is -2.30. The second-order valence-electron chi connectivity index (χ2n) is 7.03. The molecule has 0 saturated carbocycles. The second kappa shape index (κ2) is 7.26. The molecule has 4 aromatic rings. The van der Waals surface area contributed by atoms with Crippen molar-refractivity contribution >= 4 is 11.4 Å². The molecule has 142 valence electrons. The second-order valence-corrected chi connectivity index (χ2v) is 7.03. The lowest BCUT2D eigenvalue weighted by atomic mass is 10.3. The first-order valence-corrected chi connectivity index (χ1v) is 9.24. The number of carbonyl (C=O) groups excluding carboxylic acids is 1. The van der Waals surface area contributed by atoms with Crippen LogP contribution in [0.15, 0.2) is 55.1 Å². The van der Waals surface area contributed by atoms with Gasteiger partial charge in [-0.25, -0.2) is 9.97 Å². The van der Waals surface area contributed by atoms with E-state index in [1.165, 1.54) is 0 Å². The fourth-order valence-corrected chi connectivity index (χ4v) is 3.18. The number of hydrogen-bond acceptors (Lipinski definition) is 4. The number of fused-ring (bicyclic) bond motifs is 1. The van der Waals surface area contributed by atoms with Crippen molar-refractivity contribution in [3.05, 3.63) is 72.2 Å². The van der Waals surface area contributed by atoms with E-state index >= 15 is 0 Å². The van der Waals surface area contributed by atoms with Gasteiger partial charge in [0.2, 0.25) is 0 Å². The van der Waals surface area contributed by atoms with Gasteiger partial charge < -0.3 is 9.88 Å². The van der Waals surface area contributed by atoms with E-state index in [1.807, 2.05) is 74.1 Å². The molecule has 0 unspecified atom stereocenters. The molecule has 0 bridgehead atoms. The molecule has 4 rings (SSSR count). The van der Waals surface area contributed by atoms with Gasteiger partial charge in [-0.3, -0.25) is 14.2 Å². The Morgan fingerprint density at radius 3 is 2.79 bits per heavy atom. The molecule has 0 fully saturated rings. The monoisotopic (exact) mass is 374 g/mol. The summed E-state index contributed by atoms with van der Waals surface area (Å²) in [4.78, 5) is 26.1. The van der Waals surface area contributed by atoms with Gasteiger partial charge >= 0.3 is 0 Å². The van der Waals surface area contributed by atoms with Crippen molar-refractivity contribution in [2.24, 2.45) is 0 Å². The molecule has 1 amide bonds. The van der Waals surface area contributed by atoms with Crippen LogP contribution in [-0.4, -0.2) is 35.9 Å². The van der Waals surface area contributed by atoms with Gasteiger partial charge in [-0.15, -0.1) is 0 Å². The summed E-state index contributed by atoms with van der Waals surface area (Å²) < 4.78 is 3.97. The average Bonchev–Trinajstić information content (AvgIpc) is 3.23. The lowest BCUT2D eigenvalue weighted by Gasteiger charge is -2.06. The first-order chi connectivity index (χ1) is 13.5. The van der Waals surface area contributed by atoms with Crippen molar-refractivity contribution in [1.29, 1.82) is 0 Å². The molecule has 0 radical (unpaired) electrons. The summed E-state index contributed by atoms with van der Waals surface area (Å²) >= 11 is 0. The van der Waals surface area contributed by atoms with Crippen molar-refractivity contribution in [2.75, 3.05) is 0 Å². The highest BCUT2D eigenvalue weighted by Gasteiger charge is 2.20. The van der Waals surface area contributed by atoms with Crippen LogP contribution >= 0.6 is 0 Å². The molecule has 28 heavy (non-hydrogen) atoms. The van der Waals surface area contributed by atoms with Crippen LogP contribution in [0.25, 0.3) is 17.0 Å². The number of aromatic nitrogens is 5. The molecule has 0 aliphatic carbocycles. The first-order valence-electron chi connectivity index (χ1n) is 9.24. The van der Waals surface area contributed by atoms with Crippen LogP contribution in [0.3, 0.4) is 0 Å². The quantitative estimate of drug-likeness (QED) is 0.582. The third-order valence-corrected chi connectivity index (χ3v) is 4.46. The number of pyridine rings is 2. The fraction of sp³-hybridized carbons (Fsp3) is 0.238. The van der Waals surface area contributed by atoms with Gasteiger partial charge in [0.05, 0.1) is 12.1 Å². The number of rotatable bonds is 5. The van der Waals surface area contributed by atoms with E-state index in [0.29, 0.717) is 18.1 Å². The largest absolute Gasteiger partial charge is 0.348 e. The van der Waals surface area contributed by atoms with E-state index < -0.39 is 0 Å². The molecular weight excluding hydrogens is 352 g/mol. The van der Waals surface area contributed by atoms with Crippen LogP contribution < -0.4 is 5.32 Å².